The van der Waals surface area contributed by atoms with E-state index in [2.05, 4.69) is 15.9 Å². The van der Waals surface area contributed by atoms with Gasteiger partial charge in [-0.2, -0.15) is 0 Å². The second-order valence-electron chi connectivity index (χ2n) is 5.01. The van der Waals surface area contributed by atoms with Crippen LogP contribution in [-0.4, -0.2) is 6.10 Å². The standard InChI is InChI=1S/C16H15BrFNO/c17-14-6-2-5-13(15(14)18)16(19)10-3-1-4-12(9-10)20-11-7-8-11/h1-6,9,11,16H,7-8,19H2. The van der Waals surface area contributed by atoms with Crippen LogP contribution in [0.4, 0.5) is 4.39 Å². The normalized spacial score (nSPS) is 15.9. The third-order valence-electron chi connectivity index (χ3n) is 3.36. The second-order valence-corrected chi connectivity index (χ2v) is 5.86. The molecule has 20 heavy (non-hydrogen) atoms. The fourth-order valence-corrected chi connectivity index (χ4v) is 2.48. The molecule has 1 atom stereocenters. The molecule has 0 bridgehead atoms. The van der Waals surface area contributed by atoms with E-state index in [0.717, 1.165) is 24.2 Å². The van der Waals surface area contributed by atoms with Gasteiger partial charge in [-0.1, -0.05) is 24.3 Å². The predicted molar refractivity (Wildman–Crippen MR) is 80.2 cm³/mol. The number of rotatable bonds is 4. The molecule has 0 amide bonds. The fourth-order valence-electron chi connectivity index (χ4n) is 2.10. The van der Waals surface area contributed by atoms with Crippen LogP contribution in [0.1, 0.15) is 30.0 Å². The zero-order chi connectivity index (χ0) is 14.1. The number of nitrogens with two attached hydrogens (primary N) is 1. The van der Waals surface area contributed by atoms with Gasteiger partial charge >= 0.3 is 0 Å². The van der Waals surface area contributed by atoms with Gasteiger partial charge in [0.2, 0.25) is 0 Å². The topological polar surface area (TPSA) is 35.2 Å². The van der Waals surface area contributed by atoms with Crippen LogP contribution in [0.3, 0.4) is 0 Å². The first kappa shape index (κ1) is 13.6. The smallest absolute Gasteiger partial charge is 0.142 e. The average Bonchev–Trinajstić information content (AvgIpc) is 3.25. The van der Waals surface area contributed by atoms with E-state index in [4.69, 9.17) is 10.5 Å². The molecule has 0 heterocycles. The highest BCUT2D eigenvalue weighted by Crippen LogP contribution is 2.31. The van der Waals surface area contributed by atoms with Crippen molar-refractivity contribution in [3.05, 3.63) is 63.9 Å². The molecule has 1 unspecified atom stereocenters. The Hall–Kier alpha value is -1.39. The van der Waals surface area contributed by atoms with Crippen molar-refractivity contribution in [1.82, 2.24) is 0 Å². The Bertz CT molecular complexity index is 628. The van der Waals surface area contributed by atoms with Gasteiger partial charge in [0, 0.05) is 5.56 Å². The Labute approximate surface area is 125 Å². The fraction of sp³-hybridized carbons (Fsp3) is 0.250. The van der Waals surface area contributed by atoms with Crippen LogP contribution in [0.15, 0.2) is 46.9 Å². The zero-order valence-electron chi connectivity index (χ0n) is 10.9. The molecule has 104 valence electrons. The molecule has 2 aromatic carbocycles. The Morgan fingerprint density at radius 2 is 1.95 bits per heavy atom. The molecule has 2 nitrogen and oxygen atoms in total. The van der Waals surface area contributed by atoms with Crippen molar-refractivity contribution in [2.75, 3.05) is 0 Å². The van der Waals surface area contributed by atoms with E-state index in [1.54, 1.807) is 18.2 Å². The highest BCUT2D eigenvalue weighted by Gasteiger charge is 2.24. The Morgan fingerprint density at radius 1 is 1.20 bits per heavy atom. The molecule has 0 radical (unpaired) electrons. The maximum atomic E-state index is 14.1. The lowest BCUT2D eigenvalue weighted by molar-refractivity contribution is 0.303. The quantitative estimate of drug-likeness (QED) is 0.909. The lowest BCUT2D eigenvalue weighted by Crippen LogP contribution is -2.14. The molecule has 2 N–H and O–H groups in total. The van der Waals surface area contributed by atoms with E-state index in [0.29, 0.717) is 16.1 Å². The van der Waals surface area contributed by atoms with Crippen molar-refractivity contribution < 1.29 is 9.13 Å². The maximum absolute atomic E-state index is 14.1. The largest absolute Gasteiger partial charge is 0.490 e. The maximum Gasteiger partial charge on any atom is 0.142 e. The Kier molecular flexibility index (Phi) is 3.76. The lowest BCUT2D eigenvalue weighted by atomic mass is 9.99. The van der Waals surface area contributed by atoms with Gasteiger partial charge in [-0.3, -0.25) is 0 Å². The molecular weight excluding hydrogens is 321 g/mol. The molecule has 3 rings (SSSR count). The van der Waals surface area contributed by atoms with Gasteiger partial charge in [-0.05, 0) is 52.5 Å². The monoisotopic (exact) mass is 335 g/mol. The van der Waals surface area contributed by atoms with E-state index in [1.165, 1.54) is 0 Å². The molecule has 2 aromatic rings. The van der Waals surface area contributed by atoms with E-state index in [-0.39, 0.29) is 5.82 Å². The Balaban J connectivity index is 1.89. The van der Waals surface area contributed by atoms with Crippen molar-refractivity contribution in [2.45, 2.75) is 25.0 Å². The van der Waals surface area contributed by atoms with Crippen LogP contribution in [0.25, 0.3) is 0 Å². The highest BCUT2D eigenvalue weighted by molar-refractivity contribution is 9.10. The zero-order valence-corrected chi connectivity index (χ0v) is 12.4. The summed E-state index contributed by atoms with van der Waals surface area (Å²) in [5, 5.41) is 0. The molecular formula is C16H15BrFNO. The molecule has 4 heteroatoms. The van der Waals surface area contributed by atoms with Crippen molar-refractivity contribution in [3.8, 4) is 5.75 Å². The summed E-state index contributed by atoms with van der Waals surface area (Å²) < 4.78 is 20.3. The molecule has 0 saturated heterocycles. The van der Waals surface area contributed by atoms with Crippen molar-refractivity contribution in [1.29, 1.82) is 0 Å². The van der Waals surface area contributed by atoms with Gasteiger partial charge in [0.25, 0.3) is 0 Å². The lowest BCUT2D eigenvalue weighted by Gasteiger charge is -2.15. The van der Waals surface area contributed by atoms with Crippen LogP contribution in [0, 0.1) is 5.82 Å². The molecule has 1 aliphatic rings. The van der Waals surface area contributed by atoms with Gasteiger partial charge < -0.3 is 10.5 Å². The summed E-state index contributed by atoms with van der Waals surface area (Å²) in [5.41, 5.74) is 7.51. The first-order valence-corrected chi connectivity index (χ1v) is 7.40. The van der Waals surface area contributed by atoms with Gasteiger partial charge in [0.15, 0.2) is 0 Å². The van der Waals surface area contributed by atoms with E-state index in [9.17, 15) is 4.39 Å². The number of hydrogen-bond donors (Lipinski definition) is 1. The van der Waals surface area contributed by atoms with Crippen molar-refractivity contribution in [2.24, 2.45) is 5.73 Å². The van der Waals surface area contributed by atoms with Crippen LogP contribution >= 0.6 is 15.9 Å². The molecule has 1 saturated carbocycles. The predicted octanol–water partition coefficient (Wildman–Crippen LogP) is 4.18. The first-order chi connectivity index (χ1) is 9.65. The third-order valence-corrected chi connectivity index (χ3v) is 3.97. The molecule has 0 aromatic heterocycles. The molecule has 0 spiro atoms. The summed E-state index contributed by atoms with van der Waals surface area (Å²) in [6, 6.07) is 12.2. The van der Waals surface area contributed by atoms with Crippen LogP contribution in [-0.2, 0) is 0 Å². The summed E-state index contributed by atoms with van der Waals surface area (Å²) in [6.45, 7) is 0. The van der Waals surface area contributed by atoms with Crippen molar-refractivity contribution >= 4 is 15.9 Å². The first-order valence-electron chi connectivity index (χ1n) is 6.61. The van der Waals surface area contributed by atoms with Crippen LogP contribution < -0.4 is 10.5 Å². The number of halogens is 2. The van der Waals surface area contributed by atoms with Crippen LogP contribution in [0.2, 0.25) is 0 Å². The van der Waals surface area contributed by atoms with Gasteiger partial charge in [-0.25, -0.2) is 4.39 Å². The van der Waals surface area contributed by atoms with Crippen molar-refractivity contribution in [3.63, 3.8) is 0 Å². The van der Waals surface area contributed by atoms with E-state index < -0.39 is 6.04 Å². The van der Waals surface area contributed by atoms with Gasteiger partial charge in [0.05, 0.1) is 16.6 Å². The highest BCUT2D eigenvalue weighted by atomic mass is 79.9. The third kappa shape index (κ3) is 2.86. The Morgan fingerprint density at radius 3 is 2.70 bits per heavy atom. The molecule has 1 fully saturated rings. The summed E-state index contributed by atoms with van der Waals surface area (Å²) in [4.78, 5) is 0. The molecule has 0 aliphatic heterocycles. The van der Waals surface area contributed by atoms with Gasteiger partial charge in [-0.15, -0.1) is 0 Å². The molecule has 1 aliphatic carbocycles. The number of ether oxygens (including phenoxy) is 1. The summed E-state index contributed by atoms with van der Waals surface area (Å²) >= 11 is 3.19. The minimum Gasteiger partial charge on any atom is -0.490 e. The summed E-state index contributed by atoms with van der Waals surface area (Å²) in [5.74, 6) is 0.490. The summed E-state index contributed by atoms with van der Waals surface area (Å²) in [7, 11) is 0. The minimum absolute atomic E-state index is 0.312. The van der Waals surface area contributed by atoms with E-state index >= 15 is 0 Å². The second kappa shape index (κ2) is 5.54. The SMILES string of the molecule is NC(c1cccc(OC2CC2)c1)c1cccc(Br)c1F. The number of hydrogen-bond acceptors (Lipinski definition) is 2. The summed E-state index contributed by atoms with van der Waals surface area (Å²) in [6.07, 6.45) is 2.55. The van der Waals surface area contributed by atoms with Gasteiger partial charge in [0.1, 0.15) is 11.6 Å². The van der Waals surface area contributed by atoms with Crippen LogP contribution in [0.5, 0.6) is 5.75 Å². The average molecular weight is 336 g/mol. The van der Waals surface area contributed by atoms with E-state index in [1.807, 2.05) is 24.3 Å². The minimum atomic E-state index is -0.504. The number of benzene rings is 2.